The molecular weight excluding hydrogens is 267 g/mol. The Kier molecular flexibility index (Phi) is 6.71. The number of fused-ring (bicyclic) bond motifs is 1. The number of unbranched alkanes of at least 4 members (excludes halogenated alkanes) is 2. The van der Waals surface area contributed by atoms with Crippen molar-refractivity contribution in [3.05, 3.63) is 27.2 Å². The van der Waals surface area contributed by atoms with Crippen LogP contribution >= 0.6 is 0 Å². The van der Waals surface area contributed by atoms with E-state index < -0.39 is 0 Å². The van der Waals surface area contributed by atoms with Gasteiger partial charge in [-0.25, -0.2) is 9.78 Å². The van der Waals surface area contributed by atoms with Gasteiger partial charge in [0.2, 0.25) is 0 Å². The molecular formula is C13H20N4NaO2. The zero-order valence-corrected chi connectivity index (χ0v) is 14.5. The molecule has 0 amide bonds. The van der Waals surface area contributed by atoms with E-state index in [2.05, 4.69) is 16.9 Å². The van der Waals surface area contributed by atoms with E-state index in [0.29, 0.717) is 24.3 Å². The van der Waals surface area contributed by atoms with Crippen molar-refractivity contribution in [2.45, 2.75) is 52.6 Å². The van der Waals surface area contributed by atoms with Crippen molar-refractivity contribution in [2.75, 3.05) is 0 Å². The summed E-state index contributed by atoms with van der Waals surface area (Å²) in [6.45, 7) is 5.17. The molecule has 0 bridgehead atoms. The second-order valence-electron chi connectivity index (χ2n) is 4.70. The van der Waals surface area contributed by atoms with Crippen LogP contribution in [0.5, 0.6) is 0 Å². The van der Waals surface area contributed by atoms with E-state index in [1.165, 1.54) is 10.9 Å². The fourth-order valence-electron chi connectivity index (χ4n) is 2.14. The quantitative estimate of drug-likeness (QED) is 0.809. The maximum Gasteiger partial charge on any atom is 0.332 e. The maximum absolute atomic E-state index is 12.4. The molecule has 1 N–H and O–H groups in total. The van der Waals surface area contributed by atoms with E-state index in [9.17, 15) is 9.59 Å². The Hall–Kier alpha value is -0.850. The van der Waals surface area contributed by atoms with Gasteiger partial charge in [0.05, 0.1) is 6.33 Å². The van der Waals surface area contributed by atoms with Gasteiger partial charge in [0.25, 0.3) is 5.56 Å². The van der Waals surface area contributed by atoms with E-state index in [4.69, 9.17) is 0 Å². The van der Waals surface area contributed by atoms with Crippen LogP contribution in [0, 0.1) is 0 Å². The molecule has 0 unspecified atom stereocenters. The van der Waals surface area contributed by atoms with Gasteiger partial charge in [0.1, 0.15) is 5.52 Å². The van der Waals surface area contributed by atoms with Crippen molar-refractivity contribution in [1.82, 2.24) is 19.1 Å². The Labute approximate surface area is 139 Å². The van der Waals surface area contributed by atoms with Gasteiger partial charge in [0.15, 0.2) is 5.65 Å². The number of aromatic amines is 1. The van der Waals surface area contributed by atoms with Gasteiger partial charge in [-0.15, -0.1) is 0 Å². The molecule has 0 saturated carbocycles. The van der Waals surface area contributed by atoms with Crippen LogP contribution in [0.25, 0.3) is 11.2 Å². The molecule has 0 fully saturated rings. The minimum absolute atomic E-state index is 0. The standard InChI is InChI=1S/C13H20N4O2.Na/c1-3-5-7-16-11-10(14-9-15-11)12(18)17(13(16)19)8-6-4-2;/h9H,3-8H2,1-2H3,(H,14,15);. The van der Waals surface area contributed by atoms with Crippen molar-refractivity contribution in [3.63, 3.8) is 0 Å². The first-order chi connectivity index (χ1) is 9.20. The first kappa shape index (κ1) is 17.2. The fourth-order valence-corrected chi connectivity index (χ4v) is 2.14. The van der Waals surface area contributed by atoms with Crippen LogP contribution in [-0.4, -0.2) is 48.7 Å². The monoisotopic (exact) mass is 287 g/mol. The molecule has 0 spiro atoms. The summed E-state index contributed by atoms with van der Waals surface area (Å²) >= 11 is 0. The van der Waals surface area contributed by atoms with Gasteiger partial charge in [-0.1, -0.05) is 26.7 Å². The minimum atomic E-state index is -0.265. The van der Waals surface area contributed by atoms with Crippen molar-refractivity contribution >= 4 is 40.7 Å². The number of nitrogens with zero attached hydrogens (tertiary/aromatic N) is 3. The summed E-state index contributed by atoms with van der Waals surface area (Å²) < 4.78 is 2.92. The van der Waals surface area contributed by atoms with Crippen molar-refractivity contribution in [1.29, 1.82) is 0 Å². The summed E-state index contributed by atoms with van der Waals surface area (Å²) in [5.74, 6) is 0. The number of hydrogen-bond acceptors (Lipinski definition) is 3. The van der Waals surface area contributed by atoms with Gasteiger partial charge < -0.3 is 4.98 Å². The third kappa shape index (κ3) is 3.24. The predicted octanol–water partition coefficient (Wildman–Crippen LogP) is 1.11. The van der Waals surface area contributed by atoms with E-state index >= 15 is 0 Å². The van der Waals surface area contributed by atoms with Crippen molar-refractivity contribution in [3.8, 4) is 0 Å². The van der Waals surface area contributed by atoms with Crippen LogP contribution in [0.1, 0.15) is 39.5 Å². The van der Waals surface area contributed by atoms with Gasteiger partial charge in [0, 0.05) is 42.6 Å². The third-order valence-electron chi connectivity index (χ3n) is 3.27. The zero-order valence-electron chi connectivity index (χ0n) is 12.5. The topological polar surface area (TPSA) is 72.7 Å². The first-order valence-corrected chi connectivity index (χ1v) is 6.87. The van der Waals surface area contributed by atoms with Crippen molar-refractivity contribution < 1.29 is 0 Å². The van der Waals surface area contributed by atoms with Crippen LogP contribution in [0.15, 0.2) is 15.9 Å². The van der Waals surface area contributed by atoms with Crippen LogP contribution < -0.4 is 11.2 Å². The molecule has 0 aliphatic rings. The van der Waals surface area contributed by atoms with E-state index in [1.54, 1.807) is 4.57 Å². The summed E-state index contributed by atoms with van der Waals surface area (Å²) in [5, 5.41) is 0. The average Bonchev–Trinajstić information content (AvgIpc) is 2.88. The second kappa shape index (κ2) is 7.81. The molecule has 0 aliphatic heterocycles. The van der Waals surface area contributed by atoms with E-state index in [1.807, 2.05) is 6.92 Å². The Morgan fingerprint density at radius 2 is 1.70 bits per heavy atom. The summed E-state index contributed by atoms with van der Waals surface area (Å²) in [6, 6.07) is 0. The Morgan fingerprint density at radius 3 is 2.30 bits per heavy atom. The van der Waals surface area contributed by atoms with Gasteiger partial charge in [-0.3, -0.25) is 13.9 Å². The number of nitrogens with one attached hydrogen (secondary N) is 1. The number of H-pyrrole nitrogens is 1. The minimum Gasteiger partial charge on any atom is -0.339 e. The molecule has 7 heteroatoms. The zero-order chi connectivity index (χ0) is 13.8. The summed E-state index contributed by atoms with van der Waals surface area (Å²) in [7, 11) is 0. The number of rotatable bonds is 6. The first-order valence-electron chi connectivity index (χ1n) is 6.87. The smallest absolute Gasteiger partial charge is 0.332 e. The molecule has 105 valence electrons. The third-order valence-corrected chi connectivity index (χ3v) is 3.27. The van der Waals surface area contributed by atoms with Crippen molar-refractivity contribution in [2.24, 2.45) is 0 Å². The van der Waals surface area contributed by atoms with Crippen LogP contribution in [0.4, 0.5) is 0 Å². The molecule has 0 saturated heterocycles. The van der Waals surface area contributed by atoms with E-state index in [0.717, 1.165) is 25.7 Å². The number of hydrogen-bond donors (Lipinski definition) is 1. The molecule has 0 aliphatic carbocycles. The fraction of sp³-hybridized carbons (Fsp3) is 0.615. The summed E-state index contributed by atoms with van der Waals surface area (Å²) in [6.07, 6.45) is 5.13. The number of aromatic nitrogens is 4. The van der Waals surface area contributed by atoms with Crippen LogP contribution in [-0.2, 0) is 13.1 Å². The van der Waals surface area contributed by atoms with Crippen LogP contribution in [0.3, 0.4) is 0 Å². The molecule has 2 aromatic rings. The largest absolute Gasteiger partial charge is 0.339 e. The maximum atomic E-state index is 12.4. The molecule has 1 radical (unpaired) electrons. The molecule has 6 nitrogen and oxygen atoms in total. The van der Waals surface area contributed by atoms with Gasteiger partial charge >= 0.3 is 5.69 Å². The summed E-state index contributed by atoms with van der Waals surface area (Å²) in [5.41, 5.74) is 0.383. The Balaban J connectivity index is 0.00000200. The Morgan fingerprint density at radius 1 is 1.10 bits per heavy atom. The number of imidazole rings is 1. The van der Waals surface area contributed by atoms with Crippen LogP contribution in [0.2, 0.25) is 0 Å². The predicted molar refractivity (Wildman–Crippen MR) is 80.2 cm³/mol. The average molecular weight is 287 g/mol. The van der Waals surface area contributed by atoms with E-state index in [-0.39, 0.29) is 40.8 Å². The molecule has 2 heterocycles. The molecule has 0 aromatic carbocycles. The molecule has 0 atom stereocenters. The SMILES string of the molecule is CCCCn1c(=O)c2[nH]cnc2n(CCCC)c1=O.[Na]. The normalized spacial score (nSPS) is 10.7. The molecule has 2 rings (SSSR count). The van der Waals surface area contributed by atoms with Gasteiger partial charge in [-0.05, 0) is 12.8 Å². The molecule has 2 aromatic heterocycles. The van der Waals surface area contributed by atoms with Gasteiger partial charge in [-0.2, -0.15) is 0 Å². The molecule has 20 heavy (non-hydrogen) atoms. The second-order valence-corrected chi connectivity index (χ2v) is 4.70. The summed E-state index contributed by atoms with van der Waals surface area (Å²) in [4.78, 5) is 31.6. The number of aryl methyl sites for hydroxylation is 1. The Bertz CT molecular complexity index is 671.